The first-order chi connectivity index (χ1) is 13.1. The van der Waals surface area contributed by atoms with Crippen molar-refractivity contribution >= 4 is 23.3 Å². The Balaban J connectivity index is 1.68. The minimum absolute atomic E-state index is 0.199. The molecule has 7 heteroatoms. The van der Waals surface area contributed by atoms with Crippen LogP contribution in [-0.4, -0.2) is 28.8 Å². The van der Waals surface area contributed by atoms with E-state index in [1.54, 1.807) is 42.7 Å². The number of carbonyl (C=O) groups excluding carboxylic acids is 2. The molecule has 3 aromatic rings. The number of benzene rings is 1. The molecule has 1 aliphatic rings. The lowest BCUT2D eigenvalue weighted by atomic mass is 10.0. The van der Waals surface area contributed by atoms with Crippen LogP contribution in [-0.2, 0) is 0 Å². The maximum Gasteiger partial charge on any atom is 0.257 e. The number of rotatable bonds is 3. The summed E-state index contributed by atoms with van der Waals surface area (Å²) in [5.74, 6) is 0.132. The van der Waals surface area contributed by atoms with Crippen LogP contribution in [0.1, 0.15) is 32.4 Å². The van der Waals surface area contributed by atoms with Gasteiger partial charge in [0.1, 0.15) is 12.0 Å². The summed E-state index contributed by atoms with van der Waals surface area (Å²) in [5.41, 5.74) is 2.36. The maximum atomic E-state index is 12.5. The van der Waals surface area contributed by atoms with Gasteiger partial charge in [-0.25, -0.2) is 4.98 Å². The summed E-state index contributed by atoms with van der Waals surface area (Å²) < 4.78 is 0. The zero-order valence-corrected chi connectivity index (χ0v) is 14.6. The van der Waals surface area contributed by atoms with E-state index in [1.807, 2.05) is 30.1 Å². The number of hydrogen-bond donors (Lipinski definition) is 2. The summed E-state index contributed by atoms with van der Waals surface area (Å²) in [7, 11) is 1.86. The van der Waals surface area contributed by atoms with Gasteiger partial charge in [0.15, 0.2) is 0 Å². The van der Waals surface area contributed by atoms with Crippen molar-refractivity contribution in [2.75, 3.05) is 17.3 Å². The van der Waals surface area contributed by atoms with Gasteiger partial charge in [-0.2, -0.15) is 0 Å². The van der Waals surface area contributed by atoms with E-state index >= 15 is 0 Å². The number of para-hydroxylation sites is 1. The monoisotopic (exact) mass is 359 g/mol. The number of fused-ring (bicyclic) bond motifs is 1. The second-order valence-corrected chi connectivity index (χ2v) is 6.14. The summed E-state index contributed by atoms with van der Waals surface area (Å²) >= 11 is 0. The molecular weight excluding hydrogens is 342 g/mol. The van der Waals surface area contributed by atoms with Crippen LogP contribution >= 0.6 is 0 Å². The van der Waals surface area contributed by atoms with Gasteiger partial charge < -0.3 is 15.5 Å². The molecule has 0 saturated heterocycles. The number of nitrogens with one attached hydrogen (secondary N) is 2. The fraction of sp³-hybridized carbons (Fsp3) is 0.100. The first kappa shape index (κ1) is 16.7. The highest BCUT2D eigenvalue weighted by molar-refractivity contribution is 6.05. The Morgan fingerprint density at radius 3 is 2.74 bits per heavy atom. The van der Waals surface area contributed by atoms with Crippen molar-refractivity contribution in [1.29, 1.82) is 0 Å². The van der Waals surface area contributed by atoms with Crippen molar-refractivity contribution < 1.29 is 9.59 Å². The highest BCUT2D eigenvalue weighted by Crippen LogP contribution is 2.33. The van der Waals surface area contributed by atoms with Gasteiger partial charge in [-0.15, -0.1) is 0 Å². The van der Waals surface area contributed by atoms with Crippen LogP contribution in [0.15, 0.2) is 67.1 Å². The van der Waals surface area contributed by atoms with E-state index in [9.17, 15) is 9.59 Å². The van der Waals surface area contributed by atoms with Gasteiger partial charge in [0, 0.05) is 36.9 Å². The normalized spacial score (nSPS) is 15.7. The predicted octanol–water partition coefficient (Wildman–Crippen LogP) is 2.61. The predicted molar refractivity (Wildman–Crippen MR) is 101 cm³/mol. The fourth-order valence-corrected chi connectivity index (χ4v) is 3.10. The standard InChI is InChI=1S/C20H17N5O2/c1-25-17-15(8-5-11-22-17)20(27)24-18(25)14-7-2-3-9-16(14)23-19(26)13-6-4-10-21-12-13/h2-12,18H,1H3,(H,23,26)(H,24,27)/t18-/m0/s1. The lowest BCUT2D eigenvalue weighted by Crippen LogP contribution is -2.45. The van der Waals surface area contributed by atoms with E-state index in [0.717, 1.165) is 5.56 Å². The first-order valence-corrected chi connectivity index (χ1v) is 8.44. The average molecular weight is 359 g/mol. The molecule has 2 N–H and O–H groups in total. The Morgan fingerprint density at radius 1 is 1.11 bits per heavy atom. The molecule has 2 amide bonds. The Labute approximate surface area is 156 Å². The summed E-state index contributed by atoms with van der Waals surface area (Å²) in [4.78, 5) is 35.2. The molecule has 0 bridgehead atoms. The Morgan fingerprint density at radius 2 is 1.93 bits per heavy atom. The largest absolute Gasteiger partial charge is 0.335 e. The number of carbonyl (C=O) groups is 2. The highest BCUT2D eigenvalue weighted by atomic mass is 16.2. The minimum Gasteiger partial charge on any atom is -0.335 e. The van der Waals surface area contributed by atoms with Gasteiger partial charge in [0.05, 0.1) is 11.1 Å². The molecule has 0 unspecified atom stereocenters. The molecule has 3 heterocycles. The van der Waals surface area contributed by atoms with E-state index in [2.05, 4.69) is 20.6 Å². The van der Waals surface area contributed by atoms with Crippen LogP contribution in [0.25, 0.3) is 0 Å². The van der Waals surface area contributed by atoms with Crippen molar-refractivity contribution in [2.24, 2.45) is 0 Å². The third kappa shape index (κ3) is 3.10. The van der Waals surface area contributed by atoms with Crippen molar-refractivity contribution in [3.05, 3.63) is 83.8 Å². The van der Waals surface area contributed by atoms with E-state index < -0.39 is 6.17 Å². The molecule has 27 heavy (non-hydrogen) atoms. The molecule has 1 atom stereocenters. The van der Waals surface area contributed by atoms with Crippen molar-refractivity contribution in [2.45, 2.75) is 6.17 Å². The Hall–Kier alpha value is -3.74. The third-order valence-electron chi connectivity index (χ3n) is 4.45. The molecule has 1 aliphatic heterocycles. The molecule has 0 radical (unpaired) electrons. The second kappa shape index (κ2) is 6.87. The summed E-state index contributed by atoms with van der Waals surface area (Å²) in [6.45, 7) is 0. The highest BCUT2D eigenvalue weighted by Gasteiger charge is 2.31. The van der Waals surface area contributed by atoms with Crippen LogP contribution in [0.3, 0.4) is 0 Å². The van der Waals surface area contributed by atoms with Crippen molar-refractivity contribution in [1.82, 2.24) is 15.3 Å². The Bertz CT molecular complexity index is 1010. The quantitative estimate of drug-likeness (QED) is 0.751. The van der Waals surface area contributed by atoms with Crippen molar-refractivity contribution in [3.8, 4) is 0 Å². The minimum atomic E-state index is -0.453. The van der Waals surface area contributed by atoms with Crippen molar-refractivity contribution in [3.63, 3.8) is 0 Å². The Kier molecular flexibility index (Phi) is 4.25. The number of hydrogen-bond acceptors (Lipinski definition) is 5. The average Bonchev–Trinajstić information content (AvgIpc) is 2.72. The smallest absolute Gasteiger partial charge is 0.257 e. The van der Waals surface area contributed by atoms with Gasteiger partial charge in [-0.3, -0.25) is 14.6 Å². The summed E-state index contributed by atoms with van der Waals surface area (Å²) in [6, 6.07) is 14.2. The van der Waals surface area contributed by atoms with Gasteiger partial charge in [-0.05, 0) is 30.3 Å². The zero-order chi connectivity index (χ0) is 18.8. The number of aromatic nitrogens is 2. The van der Waals surface area contributed by atoms with Crippen LogP contribution in [0.4, 0.5) is 11.5 Å². The second-order valence-electron chi connectivity index (χ2n) is 6.14. The van der Waals surface area contributed by atoms with E-state index in [1.165, 1.54) is 6.20 Å². The van der Waals surface area contributed by atoms with Gasteiger partial charge in [0.25, 0.3) is 11.8 Å². The van der Waals surface area contributed by atoms with Crippen LogP contribution in [0, 0.1) is 0 Å². The van der Waals surface area contributed by atoms with E-state index in [0.29, 0.717) is 22.6 Å². The molecule has 7 nitrogen and oxygen atoms in total. The van der Waals surface area contributed by atoms with Gasteiger partial charge in [-0.1, -0.05) is 18.2 Å². The SMILES string of the molecule is CN1c2ncccc2C(=O)N[C@@H]1c1ccccc1NC(=O)c1cccnc1. The molecule has 2 aromatic heterocycles. The molecule has 4 rings (SSSR count). The number of amides is 2. The van der Waals surface area contributed by atoms with Crippen LogP contribution in [0.5, 0.6) is 0 Å². The molecule has 0 saturated carbocycles. The molecule has 0 fully saturated rings. The molecule has 1 aromatic carbocycles. The molecule has 0 aliphatic carbocycles. The topological polar surface area (TPSA) is 87.2 Å². The maximum absolute atomic E-state index is 12.5. The molecular formula is C20H17N5O2. The van der Waals surface area contributed by atoms with E-state index in [-0.39, 0.29) is 11.8 Å². The number of anilines is 2. The van der Waals surface area contributed by atoms with E-state index in [4.69, 9.17) is 0 Å². The van der Waals surface area contributed by atoms with Gasteiger partial charge >= 0.3 is 0 Å². The van der Waals surface area contributed by atoms with Crippen LogP contribution in [0.2, 0.25) is 0 Å². The molecule has 134 valence electrons. The zero-order valence-electron chi connectivity index (χ0n) is 14.6. The van der Waals surface area contributed by atoms with Crippen LogP contribution < -0.4 is 15.5 Å². The third-order valence-corrected chi connectivity index (χ3v) is 4.45. The fourth-order valence-electron chi connectivity index (χ4n) is 3.10. The summed E-state index contributed by atoms with van der Waals surface area (Å²) in [6.07, 6.45) is 4.32. The number of nitrogens with zero attached hydrogens (tertiary/aromatic N) is 3. The number of pyridine rings is 2. The van der Waals surface area contributed by atoms with Gasteiger partial charge in [0.2, 0.25) is 0 Å². The first-order valence-electron chi connectivity index (χ1n) is 8.44. The molecule has 0 spiro atoms. The lowest BCUT2D eigenvalue weighted by Gasteiger charge is -2.36. The summed E-state index contributed by atoms with van der Waals surface area (Å²) in [5, 5.41) is 5.88. The lowest BCUT2D eigenvalue weighted by molar-refractivity contribution is 0.0927.